The first-order valence-corrected chi connectivity index (χ1v) is 10.3. The second-order valence-corrected chi connectivity index (χ2v) is 7.53. The molecule has 1 saturated carbocycles. The van der Waals surface area contributed by atoms with Crippen LogP contribution in [-0.4, -0.2) is 37.7 Å². The van der Waals surface area contributed by atoms with Gasteiger partial charge in [0.15, 0.2) is 11.5 Å². The van der Waals surface area contributed by atoms with E-state index >= 15 is 0 Å². The van der Waals surface area contributed by atoms with Crippen molar-refractivity contribution in [1.29, 1.82) is 0 Å². The summed E-state index contributed by atoms with van der Waals surface area (Å²) in [4.78, 5) is 24.1. The number of benzene rings is 1. The Morgan fingerprint density at radius 2 is 1.86 bits per heavy atom. The van der Waals surface area contributed by atoms with Crippen LogP contribution in [0.25, 0.3) is 0 Å². The molecule has 7 nitrogen and oxygen atoms in total. The van der Waals surface area contributed by atoms with Gasteiger partial charge in [0.05, 0.1) is 6.04 Å². The summed E-state index contributed by atoms with van der Waals surface area (Å²) in [5.74, 6) is 1.43. The number of fused-ring (bicyclic) bond motifs is 1. The first kappa shape index (κ1) is 20.3. The molecular weight excluding hydrogens is 358 g/mol. The maximum atomic E-state index is 12.2. The molecule has 1 heterocycles. The van der Waals surface area contributed by atoms with Crippen molar-refractivity contribution < 1.29 is 19.1 Å². The highest BCUT2D eigenvalue weighted by Gasteiger charge is 2.17. The third kappa shape index (κ3) is 6.04. The molecule has 1 aromatic carbocycles. The van der Waals surface area contributed by atoms with Gasteiger partial charge in [-0.3, -0.25) is 4.79 Å². The maximum absolute atomic E-state index is 12.2. The van der Waals surface area contributed by atoms with Crippen LogP contribution in [0.3, 0.4) is 0 Å². The molecule has 1 fully saturated rings. The molecule has 154 valence electrons. The summed E-state index contributed by atoms with van der Waals surface area (Å²) < 4.78 is 11.1. The van der Waals surface area contributed by atoms with Crippen molar-refractivity contribution >= 4 is 11.9 Å². The molecule has 1 atom stereocenters. The van der Waals surface area contributed by atoms with Crippen molar-refractivity contribution in [1.82, 2.24) is 16.0 Å². The topological polar surface area (TPSA) is 88.7 Å². The zero-order chi connectivity index (χ0) is 19.8. The van der Waals surface area contributed by atoms with E-state index in [1.54, 1.807) is 0 Å². The Kier molecular flexibility index (Phi) is 7.39. The van der Waals surface area contributed by atoms with E-state index in [0.717, 1.165) is 29.9 Å². The first-order valence-electron chi connectivity index (χ1n) is 10.3. The van der Waals surface area contributed by atoms with Crippen LogP contribution in [0, 0.1) is 0 Å². The fourth-order valence-electron chi connectivity index (χ4n) is 3.66. The Hall–Kier alpha value is -2.44. The van der Waals surface area contributed by atoms with Gasteiger partial charge in [0.1, 0.15) is 13.2 Å². The van der Waals surface area contributed by atoms with E-state index in [9.17, 15) is 9.59 Å². The van der Waals surface area contributed by atoms with Crippen LogP contribution in [-0.2, 0) is 4.79 Å². The molecule has 1 aliphatic heterocycles. The van der Waals surface area contributed by atoms with Crippen LogP contribution < -0.4 is 25.4 Å². The molecule has 2 aliphatic rings. The quantitative estimate of drug-likeness (QED) is 0.626. The van der Waals surface area contributed by atoms with Crippen molar-refractivity contribution in [2.24, 2.45) is 0 Å². The molecule has 0 unspecified atom stereocenters. The number of carbonyl (C=O) groups excluding carboxylic acids is 2. The van der Waals surface area contributed by atoms with Gasteiger partial charge in [0.25, 0.3) is 0 Å². The molecule has 1 aliphatic carbocycles. The van der Waals surface area contributed by atoms with Gasteiger partial charge in [-0.2, -0.15) is 0 Å². The fourth-order valence-corrected chi connectivity index (χ4v) is 3.66. The van der Waals surface area contributed by atoms with E-state index in [1.807, 2.05) is 25.1 Å². The van der Waals surface area contributed by atoms with Crippen LogP contribution in [0.5, 0.6) is 11.5 Å². The summed E-state index contributed by atoms with van der Waals surface area (Å²) in [5, 5.41) is 8.85. The van der Waals surface area contributed by atoms with Gasteiger partial charge in [-0.15, -0.1) is 0 Å². The Labute approximate surface area is 166 Å². The lowest BCUT2D eigenvalue weighted by Gasteiger charge is -2.22. The monoisotopic (exact) mass is 389 g/mol. The first-order chi connectivity index (χ1) is 13.6. The lowest BCUT2D eigenvalue weighted by atomic mass is 9.96. The zero-order valence-corrected chi connectivity index (χ0v) is 16.6. The third-order valence-electron chi connectivity index (χ3n) is 5.25. The number of amides is 3. The van der Waals surface area contributed by atoms with Gasteiger partial charge in [-0.1, -0.05) is 25.3 Å². The van der Waals surface area contributed by atoms with Gasteiger partial charge < -0.3 is 25.4 Å². The van der Waals surface area contributed by atoms with E-state index in [2.05, 4.69) is 16.0 Å². The minimum atomic E-state index is -0.128. The molecule has 0 bridgehead atoms. The molecule has 0 aromatic heterocycles. The molecule has 28 heavy (non-hydrogen) atoms. The lowest BCUT2D eigenvalue weighted by molar-refractivity contribution is -0.121. The van der Waals surface area contributed by atoms with Gasteiger partial charge in [-0.25, -0.2) is 4.79 Å². The molecule has 0 saturated heterocycles. The van der Waals surface area contributed by atoms with E-state index < -0.39 is 0 Å². The Morgan fingerprint density at radius 1 is 1.11 bits per heavy atom. The fraction of sp³-hybridized carbons (Fsp3) is 0.619. The highest BCUT2D eigenvalue weighted by molar-refractivity contribution is 5.77. The average Bonchev–Trinajstić information content (AvgIpc) is 2.71. The predicted octanol–water partition coefficient (Wildman–Crippen LogP) is 3.05. The van der Waals surface area contributed by atoms with Crippen molar-refractivity contribution in [2.75, 3.05) is 19.8 Å². The van der Waals surface area contributed by atoms with Crippen molar-refractivity contribution in [2.45, 2.75) is 64.0 Å². The SMILES string of the molecule is C[C@H](NC(=O)CCCNC(=O)NC1CCCCC1)c1ccc2c(c1)OCCO2. The third-order valence-corrected chi connectivity index (χ3v) is 5.25. The molecule has 0 radical (unpaired) electrons. The smallest absolute Gasteiger partial charge is 0.315 e. The Bertz CT molecular complexity index is 674. The van der Waals surface area contributed by atoms with Crippen LogP contribution >= 0.6 is 0 Å². The normalized spacial score (nSPS) is 17.5. The second kappa shape index (κ2) is 10.2. The summed E-state index contributed by atoms with van der Waals surface area (Å²) in [6.07, 6.45) is 6.75. The Morgan fingerprint density at radius 3 is 2.64 bits per heavy atom. The number of hydrogen-bond acceptors (Lipinski definition) is 4. The number of urea groups is 1. The zero-order valence-electron chi connectivity index (χ0n) is 16.6. The number of nitrogens with one attached hydrogen (secondary N) is 3. The number of rotatable bonds is 7. The van der Waals surface area contributed by atoms with Gasteiger partial charge in [-0.05, 0) is 43.9 Å². The second-order valence-electron chi connectivity index (χ2n) is 7.53. The summed E-state index contributed by atoms with van der Waals surface area (Å²) in [5.41, 5.74) is 0.975. The highest BCUT2D eigenvalue weighted by atomic mass is 16.6. The summed E-state index contributed by atoms with van der Waals surface area (Å²) in [6, 6.07) is 5.78. The van der Waals surface area contributed by atoms with E-state index in [1.165, 1.54) is 19.3 Å². The number of hydrogen-bond donors (Lipinski definition) is 3. The van der Waals surface area contributed by atoms with Crippen molar-refractivity contribution in [3.8, 4) is 11.5 Å². The van der Waals surface area contributed by atoms with Crippen molar-refractivity contribution in [3.63, 3.8) is 0 Å². The van der Waals surface area contributed by atoms with Gasteiger partial charge >= 0.3 is 6.03 Å². The molecule has 7 heteroatoms. The Balaban J connectivity index is 1.33. The molecule has 0 spiro atoms. The van der Waals surface area contributed by atoms with Crippen LogP contribution in [0.4, 0.5) is 4.79 Å². The molecular formula is C21H31N3O4. The molecule has 3 amide bonds. The minimum Gasteiger partial charge on any atom is -0.486 e. The average molecular weight is 389 g/mol. The summed E-state index contributed by atoms with van der Waals surface area (Å²) in [6.45, 7) is 3.54. The van der Waals surface area contributed by atoms with Gasteiger partial charge in [0.2, 0.25) is 5.91 Å². The van der Waals surface area contributed by atoms with E-state index in [-0.39, 0.29) is 18.0 Å². The van der Waals surface area contributed by atoms with Crippen LogP contribution in [0.1, 0.15) is 63.5 Å². The largest absolute Gasteiger partial charge is 0.486 e. The predicted molar refractivity (Wildman–Crippen MR) is 107 cm³/mol. The van der Waals surface area contributed by atoms with Crippen LogP contribution in [0.2, 0.25) is 0 Å². The minimum absolute atomic E-state index is 0.0307. The lowest BCUT2D eigenvalue weighted by Crippen LogP contribution is -2.43. The number of carbonyl (C=O) groups is 2. The highest BCUT2D eigenvalue weighted by Crippen LogP contribution is 2.32. The molecule has 3 rings (SSSR count). The number of ether oxygens (including phenoxy) is 2. The standard InChI is InChI=1S/C21H31N3O4/c1-15(16-9-10-18-19(14-16)28-13-12-27-18)23-20(25)8-5-11-22-21(26)24-17-6-3-2-4-7-17/h9-10,14-15,17H,2-8,11-13H2,1H3,(H,23,25)(H2,22,24,26)/t15-/m0/s1. The maximum Gasteiger partial charge on any atom is 0.315 e. The summed E-state index contributed by atoms with van der Waals surface area (Å²) in [7, 11) is 0. The van der Waals surface area contributed by atoms with Gasteiger partial charge in [0, 0.05) is 19.0 Å². The van der Waals surface area contributed by atoms with Crippen LogP contribution in [0.15, 0.2) is 18.2 Å². The van der Waals surface area contributed by atoms with E-state index in [0.29, 0.717) is 38.6 Å². The van der Waals surface area contributed by atoms with E-state index in [4.69, 9.17) is 9.47 Å². The molecule has 3 N–H and O–H groups in total. The summed E-state index contributed by atoms with van der Waals surface area (Å²) >= 11 is 0. The van der Waals surface area contributed by atoms with Crippen molar-refractivity contribution in [3.05, 3.63) is 23.8 Å². The molecule has 1 aromatic rings.